The van der Waals surface area contributed by atoms with Gasteiger partial charge < -0.3 is 24.3 Å². The predicted octanol–water partition coefficient (Wildman–Crippen LogP) is 1.95. The Kier molecular flexibility index (Phi) is 7.99. The second kappa shape index (κ2) is 9.29. The van der Waals surface area contributed by atoms with Gasteiger partial charge >= 0.3 is 29.6 Å². The molecule has 2 rings (SSSR count). The molecule has 2 unspecified atom stereocenters. The molecule has 14 nitrogen and oxygen atoms in total. The van der Waals surface area contributed by atoms with Gasteiger partial charge in [0.25, 0.3) is 11.2 Å². The van der Waals surface area contributed by atoms with E-state index >= 15 is 0 Å². The number of rotatable bonds is 8. The minimum Gasteiger partial charge on any atom is -0.348 e. The minimum absolute atomic E-state index is 0.102. The summed E-state index contributed by atoms with van der Waals surface area (Å²) in [6.45, 7) is -1.42. The molecule has 1 aromatic heterocycles. The van der Waals surface area contributed by atoms with Crippen LogP contribution in [0.3, 0.4) is 0 Å². The number of hydrogen-bond acceptors (Lipinski definition) is 9. The van der Waals surface area contributed by atoms with Crippen LogP contribution >= 0.6 is 35.7 Å². The van der Waals surface area contributed by atoms with Gasteiger partial charge in [-0.1, -0.05) is 0 Å². The first-order chi connectivity index (χ1) is 14.7. The summed E-state index contributed by atoms with van der Waals surface area (Å²) in [6.07, 6.45) is -11.9. The molecule has 1 aliphatic heterocycles. The van der Waals surface area contributed by atoms with Crippen molar-refractivity contribution in [3.05, 3.63) is 27.1 Å². The molecule has 0 spiro atoms. The average molecular weight is 572 g/mol. The first kappa shape index (κ1) is 28.4. The van der Waals surface area contributed by atoms with Crippen molar-refractivity contribution in [2.24, 2.45) is 0 Å². The zero-order valence-electron chi connectivity index (χ0n) is 15.3. The lowest BCUT2D eigenvalue weighted by atomic mass is 9.99. The van der Waals surface area contributed by atoms with Crippen molar-refractivity contribution in [3.63, 3.8) is 0 Å². The van der Waals surface area contributed by atoms with E-state index in [0.29, 0.717) is 0 Å². The van der Waals surface area contributed by atoms with Gasteiger partial charge in [0, 0.05) is 6.42 Å². The maximum Gasteiger partial charge on any atom is 0.490 e. The van der Waals surface area contributed by atoms with Crippen molar-refractivity contribution in [1.82, 2.24) is 9.55 Å². The molecular weight excluding hydrogens is 560 g/mol. The highest BCUT2D eigenvalue weighted by Crippen LogP contribution is 2.66. The Balaban J connectivity index is 2.25. The Hall–Kier alpha value is -0.880. The second-order valence-corrected chi connectivity index (χ2v) is 11.0. The number of halogens is 5. The summed E-state index contributed by atoms with van der Waals surface area (Å²) < 4.78 is 117. The topological polar surface area (TPSA) is 207 Å². The zero-order chi connectivity index (χ0) is 25.6. The molecule has 1 saturated heterocycles. The predicted molar refractivity (Wildman–Crippen MR) is 94.1 cm³/mol. The van der Waals surface area contributed by atoms with E-state index in [2.05, 4.69) is 25.4 Å². The van der Waals surface area contributed by atoms with Crippen LogP contribution < -0.4 is 5.56 Å². The Morgan fingerprint density at radius 1 is 1.21 bits per heavy atom. The molecule has 23 heteroatoms. The van der Waals surface area contributed by atoms with Crippen LogP contribution in [0.15, 0.2) is 11.0 Å². The molecule has 0 bridgehead atoms. The normalized spacial score (nSPS) is 27.8. The lowest BCUT2D eigenvalue weighted by molar-refractivity contribution is -0.256. The fourth-order valence-electron chi connectivity index (χ4n) is 2.53. The van der Waals surface area contributed by atoms with Gasteiger partial charge in [0.15, 0.2) is 11.0 Å². The van der Waals surface area contributed by atoms with Crippen LogP contribution in [0.25, 0.3) is 0 Å². The summed E-state index contributed by atoms with van der Waals surface area (Å²) >= 11 is 4.58. The molecule has 0 saturated carbocycles. The van der Waals surface area contributed by atoms with Crippen molar-refractivity contribution < 1.29 is 73.1 Å². The van der Waals surface area contributed by atoms with Crippen molar-refractivity contribution in [2.45, 2.75) is 30.6 Å². The first-order valence-corrected chi connectivity index (χ1v) is 12.8. The summed E-state index contributed by atoms with van der Waals surface area (Å²) in [6, 6.07) is 0. The van der Waals surface area contributed by atoms with Gasteiger partial charge in [-0.2, -0.15) is 26.2 Å². The second-order valence-electron chi connectivity index (χ2n) is 6.21. The van der Waals surface area contributed by atoms with Crippen molar-refractivity contribution >= 4 is 35.7 Å². The zero-order valence-corrected chi connectivity index (χ0v) is 18.8. The summed E-state index contributed by atoms with van der Waals surface area (Å²) in [4.78, 5) is 48.0. The molecule has 0 amide bonds. The molecule has 1 fully saturated rings. The van der Waals surface area contributed by atoms with E-state index in [1.807, 2.05) is 0 Å². The molecule has 0 aliphatic carbocycles. The van der Waals surface area contributed by atoms with E-state index in [-0.39, 0.29) is 10.8 Å². The summed E-state index contributed by atoms with van der Waals surface area (Å²) in [5, 5.41) is 0. The van der Waals surface area contributed by atoms with E-state index in [1.54, 1.807) is 4.98 Å². The monoisotopic (exact) mass is 572 g/mol. The van der Waals surface area contributed by atoms with Gasteiger partial charge in [-0.25, -0.2) is 18.1 Å². The fraction of sp³-hybridized carbons (Fsp3) is 0.600. The number of alkyl halides is 4. The number of nitrogens with one attached hydrogen (secondary N) is 1. The highest BCUT2D eigenvalue weighted by Gasteiger charge is 2.67. The third-order valence-corrected chi connectivity index (χ3v) is 7.84. The molecular formula is C10H12F5N2O12P3S. The van der Waals surface area contributed by atoms with Crippen LogP contribution in [-0.4, -0.2) is 53.7 Å². The number of phosphoric acid groups is 3. The number of hydrogen-bond donors (Lipinski definition) is 5. The third-order valence-electron chi connectivity index (χ3n) is 3.73. The standard InChI is InChI=1S/C10H12F5N2O12P3S/c11-5-2-17(8(33)16-6(5)18)7-9(12,10(13,14)15)1-4(27-7)3-26-31(22,23)29-32(24,25)28-30(19,20)21/h2,4,7H,1,3H2,(H,22,23)(H,24,25)(H,16,18,33)(H2,19,20,21)/t4-,7+,9+/m0/s1. The van der Waals surface area contributed by atoms with Gasteiger partial charge in [0.05, 0.1) is 18.9 Å². The Labute approximate surface area is 183 Å². The van der Waals surface area contributed by atoms with E-state index in [0.717, 1.165) is 0 Å². The molecule has 33 heavy (non-hydrogen) atoms. The molecule has 2 heterocycles. The van der Waals surface area contributed by atoms with Crippen LogP contribution in [0.5, 0.6) is 0 Å². The number of ether oxygens (including phenoxy) is 1. The van der Waals surface area contributed by atoms with E-state index in [9.17, 15) is 45.3 Å². The summed E-state index contributed by atoms with van der Waals surface area (Å²) in [7, 11) is -17.4. The van der Waals surface area contributed by atoms with Crippen LogP contribution in [0.1, 0.15) is 12.6 Å². The molecule has 0 aromatic carbocycles. The lowest BCUT2D eigenvalue weighted by Gasteiger charge is -2.29. The molecule has 1 aromatic rings. The van der Waals surface area contributed by atoms with Gasteiger partial charge in [-0.05, 0) is 12.2 Å². The van der Waals surface area contributed by atoms with Crippen LogP contribution in [0.2, 0.25) is 0 Å². The number of H-pyrrole nitrogens is 1. The van der Waals surface area contributed by atoms with Gasteiger partial charge in [-0.3, -0.25) is 18.9 Å². The highest BCUT2D eigenvalue weighted by molar-refractivity contribution is 7.71. The SMILES string of the molecule is O=c1[nH]c(=S)n([C@@H]2O[C@H](COP(=O)(O)OP(=O)(O)OP(=O)(O)O)C[C@]2(F)C(F)(F)F)cc1F. The van der Waals surface area contributed by atoms with Crippen molar-refractivity contribution in [2.75, 3.05) is 6.61 Å². The fourth-order valence-corrected chi connectivity index (χ4v) is 5.82. The molecule has 190 valence electrons. The van der Waals surface area contributed by atoms with Gasteiger partial charge in [0.1, 0.15) is 0 Å². The number of aromatic nitrogens is 2. The van der Waals surface area contributed by atoms with Gasteiger partial charge in [-0.15, -0.1) is 0 Å². The van der Waals surface area contributed by atoms with E-state index in [1.165, 1.54) is 0 Å². The van der Waals surface area contributed by atoms with E-state index < -0.39 is 76.8 Å². The van der Waals surface area contributed by atoms with Crippen LogP contribution in [0, 0.1) is 10.6 Å². The lowest BCUT2D eigenvalue weighted by Crippen LogP contribution is -2.46. The molecule has 0 radical (unpaired) electrons. The number of aromatic amines is 1. The highest BCUT2D eigenvalue weighted by atomic mass is 32.1. The number of nitrogens with zero attached hydrogens (tertiary/aromatic N) is 1. The maximum absolute atomic E-state index is 15.0. The first-order valence-electron chi connectivity index (χ1n) is 7.86. The van der Waals surface area contributed by atoms with Crippen molar-refractivity contribution in [1.29, 1.82) is 0 Å². The Morgan fingerprint density at radius 2 is 1.79 bits per heavy atom. The summed E-state index contributed by atoms with van der Waals surface area (Å²) in [5.74, 6) is -1.64. The van der Waals surface area contributed by atoms with Crippen LogP contribution in [-0.2, 0) is 31.6 Å². The minimum atomic E-state index is -5.92. The third kappa shape index (κ3) is 7.06. The molecule has 5 N–H and O–H groups in total. The average Bonchev–Trinajstić information content (AvgIpc) is 2.91. The largest absolute Gasteiger partial charge is 0.490 e. The van der Waals surface area contributed by atoms with E-state index in [4.69, 9.17) is 19.4 Å². The maximum atomic E-state index is 15.0. The van der Waals surface area contributed by atoms with Crippen molar-refractivity contribution in [3.8, 4) is 0 Å². The van der Waals surface area contributed by atoms with Gasteiger partial charge in [0.2, 0.25) is 5.82 Å². The molecule has 1 aliphatic rings. The smallest absolute Gasteiger partial charge is 0.348 e. The molecule has 5 atom stereocenters. The number of phosphoric ester groups is 1. The Bertz CT molecular complexity index is 1170. The Morgan fingerprint density at radius 3 is 2.30 bits per heavy atom. The quantitative estimate of drug-likeness (QED) is 0.172. The summed E-state index contributed by atoms with van der Waals surface area (Å²) in [5.41, 5.74) is -5.71. The van der Waals surface area contributed by atoms with Crippen LogP contribution in [0.4, 0.5) is 22.0 Å².